The van der Waals surface area contributed by atoms with Crippen LogP contribution in [-0.2, 0) is 0 Å². The van der Waals surface area contributed by atoms with Crippen LogP contribution < -0.4 is 5.32 Å². The first-order valence-electron chi connectivity index (χ1n) is 7.07. The minimum absolute atomic E-state index is 0. The molecule has 0 aliphatic carbocycles. The number of halogens is 4. The molecular weight excluding hydrogens is 317 g/mol. The number of aliphatic hydroxyl groups is 1. The summed E-state index contributed by atoms with van der Waals surface area (Å²) in [5.41, 5.74) is -1.09. The molecule has 22 heavy (non-hydrogen) atoms. The average molecular weight is 339 g/mol. The standard InChI is InChI=1S/C15H21F3N2O.ClH/c1-15(2,9-21)14(20-7-5-19-6-8-20)12-10(16)3-4-11(17)13(12)18;/h3-4,14,19,21H,5-9H2,1-2H3;1H/t14-;/m0./s1. The van der Waals surface area contributed by atoms with Crippen LogP contribution in [0.1, 0.15) is 25.5 Å². The van der Waals surface area contributed by atoms with Gasteiger partial charge in [-0.15, -0.1) is 12.4 Å². The van der Waals surface area contributed by atoms with Crippen LogP contribution in [0.5, 0.6) is 0 Å². The van der Waals surface area contributed by atoms with E-state index in [1.54, 1.807) is 13.8 Å². The number of rotatable bonds is 4. The van der Waals surface area contributed by atoms with Crippen LogP contribution in [0.3, 0.4) is 0 Å². The largest absolute Gasteiger partial charge is 0.396 e. The molecular formula is C15H22ClF3N2O. The van der Waals surface area contributed by atoms with Crippen molar-refractivity contribution in [2.24, 2.45) is 5.41 Å². The maximum Gasteiger partial charge on any atom is 0.166 e. The monoisotopic (exact) mass is 338 g/mol. The highest BCUT2D eigenvalue weighted by Gasteiger charge is 2.39. The summed E-state index contributed by atoms with van der Waals surface area (Å²) in [6, 6.07) is 1.01. The van der Waals surface area contributed by atoms with Crippen molar-refractivity contribution < 1.29 is 18.3 Å². The average Bonchev–Trinajstić information content (AvgIpc) is 2.48. The van der Waals surface area contributed by atoms with E-state index < -0.39 is 28.9 Å². The van der Waals surface area contributed by atoms with Crippen molar-refractivity contribution in [3.05, 3.63) is 35.1 Å². The van der Waals surface area contributed by atoms with Crippen molar-refractivity contribution in [3.63, 3.8) is 0 Å². The van der Waals surface area contributed by atoms with E-state index in [0.29, 0.717) is 26.2 Å². The Balaban J connectivity index is 0.00000242. The number of nitrogens with zero attached hydrogens (tertiary/aromatic N) is 1. The molecule has 1 aromatic carbocycles. The second-order valence-corrected chi connectivity index (χ2v) is 6.09. The molecule has 126 valence electrons. The highest BCUT2D eigenvalue weighted by Crippen LogP contribution is 2.40. The summed E-state index contributed by atoms with van der Waals surface area (Å²) in [7, 11) is 0. The van der Waals surface area contributed by atoms with Crippen molar-refractivity contribution in [3.8, 4) is 0 Å². The van der Waals surface area contributed by atoms with Crippen LogP contribution in [0.15, 0.2) is 12.1 Å². The third-order valence-corrected chi connectivity index (χ3v) is 4.02. The van der Waals surface area contributed by atoms with Crippen molar-refractivity contribution in [2.75, 3.05) is 32.8 Å². The smallest absolute Gasteiger partial charge is 0.166 e. The topological polar surface area (TPSA) is 35.5 Å². The molecule has 1 aliphatic heterocycles. The fraction of sp³-hybridized carbons (Fsp3) is 0.600. The zero-order chi connectivity index (χ0) is 15.6. The molecule has 3 nitrogen and oxygen atoms in total. The highest BCUT2D eigenvalue weighted by molar-refractivity contribution is 5.85. The first kappa shape index (κ1) is 19.2. The van der Waals surface area contributed by atoms with Gasteiger partial charge in [0.1, 0.15) is 5.82 Å². The van der Waals surface area contributed by atoms with Gasteiger partial charge >= 0.3 is 0 Å². The van der Waals surface area contributed by atoms with Crippen LogP contribution in [0.25, 0.3) is 0 Å². The lowest BCUT2D eigenvalue weighted by Crippen LogP contribution is -2.50. The Labute approximate surface area is 134 Å². The minimum Gasteiger partial charge on any atom is -0.396 e. The minimum atomic E-state index is -1.17. The molecule has 0 unspecified atom stereocenters. The molecule has 1 fully saturated rings. The molecule has 1 aromatic rings. The van der Waals surface area contributed by atoms with Gasteiger partial charge in [-0.05, 0) is 12.1 Å². The Morgan fingerprint density at radius 3 is 2.27 bits per heavy atom. The molecule has 0 amide bonds. The predicted octanol–water partition coefficient (Wildman–Crippen LogP) is 2.49. The van der Waals surface area contributed by atoms with Gasteiger partial charge in [0.25, 0.3) is 0 Å². The van der Waals surface area contributed by atoms with Gasteiger partial charge in [-0.1, -0.05) is 13.8 Å². The van der Waals surface area contributed by atoms with Crippen molar-refractivity contribution in [2.45, 2.75) is 19.9 Å². The molecule has 0 spiro atoms. The lowest BCUT2D eigenvalue weighted by Gasteiger charge is -2.43. The fourth-order valence-corrected chi connectivity index (χ4v) is 2.89. The van der Waals surface area contributed by atoms with Gasteiger partial charge in [0, 0.05) is 49.8 Å². The second-order valence-electron chi connectivity index (χ2n) is 6.09. The lowest BCUT2D eigenvalue weighted by molar-refractivity contribution is 0.0262. The Hall–Kier alpha value is -0.820. The van der Waals surface area contributed by atoms with E-state index in [0.717, 1.165) is 12.1 Å². The molecule has 7 heteroatoms. The molecule has 1 atom stereocenters. The normalized spacial score (nSPS) is 17.9. The number of nitrogens with one attached hydrogen (secondary N) is 1. The zero-order valence-corrected chi connectivity index (χ0v) is 13.5. The number of aliphatic hydroxyl groups excluding tert-OH is 1. The molecule has 0 aromatic heterocycles. The summed E-state index contributed by atoms with van der Waals surface area (Å²) in [6.45, 7) is 5.75. The summed E-state index contributed by atoms with van der Waals surface area (Å²) in [5.74, 6) is -3.01. The molecule has 2 N–H and O–H groups in total. The van der Waals surface area contributed by atoms with Crippen LogP contribution in [0, 0.1) is 22.9 Å². The van der Waals surface area contributed by atoms with Crippen molar-refractivity contribution in [1.82, 2.24) is 10.2 Å². The van der Waals surface area contributed by atoms with Gasteiger partial charge < -0.3 is 10.4 Å². The summed E-state index contributed by atoms with van der Waals surface area (Å²) in [4.78, 5) is 1.90. The molecule has 1 saturated heterocycles. The molecule has 0 bridgehead atoms. The first-order chi connectivity index (χ1) is 9.88. The van der Waals surface area contributed by atoms with Crippen LogP contribution in [0.4, 0.5) is 13.2 Å². The summed E-state index contributed by atoms with van der Waals surface area (Å²) in [6.07, 6.45) is 0. The fourth-order valence-electron chi connectivity index (χ4n) is 2.89. The summed E-state index contributed by atoms with van der Waals surface area (Å²) < 4.78 is 41.9. The van der Waals surface area contributed by atoms with E-state index in [4.69, 9.17) is 0 Å². The second kappa shape index (κ2) is 7.64. The van der Waals surface area contributed by atoms with E-state index in [-0.39, 0.29) is 24.6 Å². The quantitative estimate of drug-likeness (QED) is 0.828. The molecule has 2 rings (SSSR count). The first-order valence-corrected chi connectivity index (χ1v) is 7.07. The summed E-state index contributed by atoms with van der Waals surface area (Å²) in [5, 5.41) is 12.8. The maximum atomic E-state index is 14.2. The van der Waals surface area contributed by atoms with E-state index in [9.17, 15) is 18.3 Å². The Morgan fingerprint density at radius 1 is 1.18 bits per heavy atom. The van der Waals surface area contributed by atoms with Gasteiger partial charge in [0.05, 0.1) is 0 Å². The molecule has 1 heterocycles. The number of hydrogen-bond acceptors (Lipinski definition) is 3. The van der Waals surface area contributed by atoms with Gasteiger partial charge in [-0.2, -0.15) is 0 Å². The number of hydrogen-bond donors (Lipinski definition) is 2. The van der Waals surface area contributed by atoms with E-state index in [2.05, 4.69) is 5.32 Å². The van der Waals surface area contributed by atoms with E-state index in [1.807, 2.05) is 4.90 Å². The van der Waals surface area contributed by atoms with E-state index >= 15 is 0 Å². The van der Waals surface area contributed by atoms with Crippen molar-refractivity contribution >= 4 is 12.4 Å². The Morgan fingerprint density at radius 2 is 1.73 bits per heavy atom. The highest BCUT2D eigenvalue weighted by atomic mass is 35.5. The van der Waals surface area contributed by atoms with Crippen molar-refractivity contribution in [1.29, 1.82) is 0 Å². The zero-order valence-electron chi connectivity index (χ0n) is 12.7. The molecule has 0 radical (unpaired) electrons. The van der Waals surface area contributed by atoms with Crippen LogP contribution in [-0.4, -0.2) is 42.8 Å². The SMILES string of the molecule is CC(C)(CO)[C@H](c1c(F)ccc(F)c1F)N1CCNCC1.Cl. The van der Waals surface area contributed by atoms with Gasteiger partial charge in [-0.3, -0.25) is 4.90 Å². The number of piperazine rings is 1. The van der Waals surface area contributed by atoms with Crippen LogP contribution >= 0.6 is 12.4 Å². The third-order valence-electron chi connectivity index (χ3n) is 4.02. The summed E-state index contributed by atoms with van der Waals surface area (Å²) >= 11 is 0. The van der Waals surface area contributed by atoms with E-state index in [1.165, 1.54) is 0 Å². The third kappa shape index (κ3) is 3.74. The van der Waals surface area contributed by atoms with Crippen LogP contribution in [0.2, 0.25) is 0 Å². The van der Waals surface area contributed by atoms with Gasteiger partial charge in [0.2, 0.25) is 0 Å². The number of benzene rings is 1. The Bertz CT molecular complexity index is 508. The predicted molar refractivity (Wildman–Crippen MR) is 81.6 cm³/mol. The van der Waals surface area contributed by atoms with Gasteiger partial charge in [0.15, 0.2) is 11.6 Å². The molecule has 0 saturated carbocycles. The lowest BCUT2D eigenvalue weighted by atomic mass is 9.79. The molecule has 1 aliphatic rings. The maximum absolute atomic E-state index is 14.2. The van der Waals surface area contributed by atoms with Gasteiger partial charge in [-0.25, -0.2) is 13.2 Å². The Kier molecular flexibility index (Phi) is 6.67.